The van der Waals surface area contributed by atoms with Crippen LogP contribution in [0.25, 0.3) is 0 Å². The van der Waals surface area contributed by atoms with Crippen molar-refractivity contribution in [3.05, 3.63) is 49.1 Å². The van der Waals surface area contributed by atoms with Crippen LogP contribution in [0.3, 0.4) is 0 Å². The van der Waals surface area contributed by atoms with Crippen molar-refractivity contribution in [2.24, 2.45) is 0 Å². The van der Waals surface area contributed by atoms with Crippen molar-refractivity contribution in [1.29, 1.82) is 0 Å². The van der Waals surface area contributed by atoms with Gasteiger partial charge in [-0.15, -0.1) is 0 Å². The van der Waals surface area contributed by atoms with Gasteiger partial charge in [0.05, 0.1) is 5.57 Å². The smallest absolute Gasteiger partial charge is 0.335 e. The third kappa shape index (κ3) is 6.76. The normalized spacial score (nSPS) is 13.2. The van der Waals surface area contributed by atoms with Crippen LogP contribution in [0.5, 0.6) is 0 Å². The number of carboxylic acid groups (broad SMARTS) is 1. The Hall–Kier alpha value is -3.16. The van der Waals surface area contributed by atoms with Gasteiger partial charge in [-0.3, -0.25) is 0 Å². The van der Waals surface area contributed by atoms with Crippen LogP contribution in [-0.4, -0.2) is 47.3 Å². The van der Waals surface area contributed by atoms with Gasteiger partial charge in [-0.2, -0.15) is 0 Å². The minimum Gasteiger partial charge on any atom is -0.478 e. The van der Waals surface area contributed by atoms with Gasteiger partial charge in [0.1, 0.15) is 18.3 Å². The van der Waals surface area contributed by atoms with Crippen molar-refractivity contribution < 1.29 is 38.5 Å². The standard InChI is InChI=1S/C18H22O8/c1-7-13(19)24-10(4)16(11(5)25-14(20)8-2)17(18(22)23)12(6)26-15(21)9-3/h7-12H,1-3H2,4-6H3,(H,22,23). The quantitative estimate of drug-likeness (QED) is 0.353. The number of carboxylic acids is 1. The Bertz CT molecular complexity index is 614. The van der Waals surface area contributed by atoms with Gasteiger partial charge in [0.25, 0.3) is 0 Å². The molecule has 0 aliphatic heterocycles. The molecule has 8 heteroatoms. The molecule has 0 aromatic carbocycles. The number of ether oxygens (including phenoxy) is 3. The molecule has 26 heavy (non-hydrogen) atoms. The Morgan fingerprint density at radius 2 is 1.04 bits per heavy atom. The first-order valence-electron chi connectivity index (χ1n) is 7.55. The second-order valence-electron chi connectivity index (χ2n) is 5.02. The van der Waals surface area contributed by atoms with Crippen LogP contribution >= 0.6 is 0 Å². The lowest BCUT2D eigenvalue weighted by Gasteiger charge is -2.26. The fourth-order valence-electron chi connectivity index (χ4n) is 2.15. The lowest BCUT2D eigenvalue weighted by Crippen LogP contribution is -2.33. The highest BCUT2D eigenvalue weighted by molar-refractivity contribution is 5.91. The van der Waals surface area contributed by atoms with Crippen LogP contribution in [0.2, 0.25) is 0 Å². The van der Waals surface area contributed by atoms with E-state index < -0.39 is 47.8 Å². The molecule has 0 fully saturated rings. The first-order valence-corrected chi connectivity index (χ1v) is 7.55. The first-order chi connectivity index (χ1) is 12.1. The fourth-order valence-corrected chi connectivity index (χ4v) is 2.15. The molecule has 0 saturated heterocycles. The second kappa shape index (κ2) is 10.7. The molecule has 0 aliphatic rings. The van der Waals surface area contributed by atoms with Crippen molar-refractivity contribution in [3.63, 3.8) is 0 Å². The Morgan fingerprint density at radius 3 is 1.31 bits per heavy atom. The molecule has 142 valence electrons. The summed E-state index contributed by atoms with van der Waals surface area (Å²) < 4.78 is 15.1. The van der Waals surface area contributed by atoms with Crippen LogP contribution in [0, 0.1) is 0 Å². The van der Waals surface area contributed by atoms with Gasteiger partial charge in [0.2, 0.25) is 0 Å². The van der Waals surface area contributed by atoms with Gasteiger partial charge in [-0.05, 0) is 20.8 Å². The Morgan fingerprint density at radius 1 is 0.731 bits per heavy atom. The molecule has 0 aliphatic carbocycles. The summed E-state index contributed by atoms with van der Waals surface area (Å²) in [6, 6.07) is 0. The molecule has 0 saturated carbocycles. The molecule has 0 rings (SSSR count). The second-order valence-corrected chi connectivity index (χ2v) is 5.02. The van der Waals surface area contributed by atoms with E-state index in [9.17, 15) is 24.3 Å². The molecule has 0 aromatic rings. The molecule has 1 N–H and O–H groups in total. The van der Waals surface area contributed by atoms with Gasteiger partial charge in [0.15, 0.2) is 0 Å². The van der Waals surface area contributed by atoms with Gasteiger partial charge in [-0.1, -0.05) is 19.7 Å². The number of esters is 3. The lowest BCUT2D eigenvalue weighted by molar-refractivity contribution is -0.147. The van der Waals surface area contributed by atoms with E-state index in [1.807, 2.05) is 0 Å². The zero-order valence-corrected chi connectivity index (χ0v) is 14.9. The van der Waals surface area contributed by atoms with Gasteiger partial charge < -0.3 is 19.3 Å². The summed E-state index contributed by atoms with van der Waals surface area (Å²) in [7, 11) is 0. The highest BCUT2D eigenvalue weighted by Crippen LogP contribution is 2.24. The van der Waals surface area contributed by atoms with E-state index >= 15 is 0 Å². The SMILES string of the molecule is C=CC(=O)OC(C)C(C(=O)O)=C(C(C)OC(=O)C=C)C(C)OC(=O)C=C. The molecular formula is C18H22O8. The fraction of sp³-hybridized carbons (Fsp3) is 0.333. The minimum atomic E-state index is -1.44. The van der Waals surface area contributed by atoms with Crippen molar-refractivity contribution >= 4 is 23.9 Å². The van der Waals surface area contributed by atoms with Crippen LogP contribution in [0.15, 0.2) is 49.1 Å². The monoisotopic (exact) mass is 366 g/mol. The van der Waals surface area contributed by atoms with Crippen LogP contribution in [0.4, 0.5) is 0 Å². The Labute approximate surface area is 151 Å². The summed E-state index contributed by atoms with van der Waals surface area (Å²) in [6.07, 6.45) is -0.777. The van der Waals surface area contributed by atoms with E-state index in [1.165, 1.54) is 20.8 Å². The van der Waals surface area contributed by atoms with Crippen molar-refractivity contribution in [3.8, 4) is 0 Å². The molecule has 0 heterocycles. The molecule has 8 nitrogen and oxygen atoms in total. The lowest BCUT2D eigenvalue weighted by atomic mass is 9.95. The number of carbonyl (C=O) groups is 4. The highest BCUT2D eigenvalue weighted by Gasteiger charge is 2.32. The topological polar surface area (TPSA) is 116 Å². The van der Waals surface area contributed by atoms with Gasteiger partial charge >= 0.3 is 23.9 Å². The molecule has 0 spiro atoms. The van der Waals surface area contributed by atoms with E-state index in [2.05, 4.69) is 19.7 Å². The summed E-state index contributed by atoms with van der Waals surface area (Å²) in [4.78, 5) is 46.1. The molecular weight excluding hydrogens is 344 g/mol. The minimum absolute atomic E-state index is 0.0627. The number of hydrogen-bond donors (Lipinski definition) is 1. The molecule has 3 atom stereocenters. The van der Waals surface area contributed by atoms with Crippen LogP contribution in [0.1, 0.15) is 20.8 Å². The third-order valence-corrected chi connectivity index (χ3v) is 3.20. The maximum Gasteiger partial charge on any atom is 0.335 e. The zero-order valence-electron chi connectivity index (χ0n) is 14.9. The highest BCUT2D eigenvalue weighted by atomic mass is 16.6. The third-order valence-electron chi connectivity index (χ3n) is 3.20. The van der Waals surface area contributed by atoms with E-state index in [4.69, 9.17) is 14.2 Å². The van der Waals surface area contributed by atoms with Crippen molar-refractivity contribution in [2.75, 3.05) is 0 Å². The largest absolute Gasteiger partial charge is 0.478 e. The summed E-state index contributed by atoms with van der Waals surface area (Å²) in [5.74, 6) is -3.90. The van der Waals surface area contributed by atoms with Crippen molar-refractivity contribution in [2.45, 2.75) is 39.1 Å². The number of rotatable bonds is 10. The maximum atomic E-state index is 11.8. The van der Waals surface area contributed by atoms with E-state index in [-0.39, 0.29) is 5.57 Å². The average molecular weight is 366 g/mol. The summed E-state index contributed by atoms with van der Waals surface area (Å²) in [5.41, 5.74) is -0.457. The number of aliphatic carboxylic acids is 1. The summed E-state index contributed by atoms with van der Waals surface area (Å²) in [5, 5.41) is 9.58. The molecule has 0 radical (unpaired) electrons. The molecule has 0 bridgehead atoms. The van der Waals surface area contributed by atoms with Crippen LogP contribution in [-0.2, 0) is 33.4 Å². The molecule has 0 amide bonds. The predicted molar refractivity (Wildman–Crippen MR) is 91.9 cm³/mol. The molecule has 3 unspecified atom stereocenters. The summed E-state index contributed by atoms with van der Waals surface area (Å²) >= 11 is 0. The first kappa shape index (κ1) is 22.8. The van der Waals surface area contributed by atoms with Crippen LogP contribution < -0.4 is 0 Å². The van der Waals surface area contributed by atoms with E-state index in [0.717, 1.165) is 18.2 Å². The Balaban J connectivity index is 6.19. The zero-order chi connectivity index (χ0) is 20.4. The van der Waals surface area contributed by atoms with Gasteiger partial charge in [0, 0.05) is 23.8 Å². The van der Waals surface area contributed by atoms with Crippen molar-refractivity contribution in [1.82, 2.24) is 0 Å². The maximum absolute atomic E-state index is 11.8. The number of hydrogen-bond acceptors (Lipinski definition) is 7. The predicted octanol–water partition coefficient (Wildman–Crippen LogP) is 1.72. The van der Waals surface area contributed by atoms with E-state index in [1.54, 1.807) is 0 Å². The Kier molecular flexibility index (Phi) is 9.36. The average Bonchev–Trinajstić information content (AvgIpc) is 2.57. The van der Waals surface area contributed by atoms with E-state index in [0.29, 0.717) is 0 Å². The molecule has 0 aromatic heterocycles. The number of carbonyl (C=O) groups excluding carboxylic acids is 3. The summed E-state index contributed by atoms with van der Waals surface area (Å²) in [6.45, 7) is 13.8. The van der Waals surface area contributed by atoms with Gasteiger partial charge in [-0.25, -0.2) is 19.2 Å².